The van der Waals surface area contributed by atoms with E-state index in [2.05, 4.69) is 22.1 Å². The third-order valence-corrected chi connectivity index (χ3v) is 2.52. The van der Waals surface area contributed by atoms with Crippen molar-refractivity contribution in [3.63, 3.8) is 0 Å². The lowest BCUT2D eigenvalue weighted by Crippen LogP contribution is -2.11. The third kappa shape index (κ3) is 2.82. The van der Waals surface area contributed by atoms with E-state index in [-0.39, 0.29) is 6.10 Å². The number of nitrogens with one attached hydrogen (secondary N) is 1. The standard InChI is InChI=1S/C11H17N3O2/c1-2-3-7-12-11-14-13-10(16-11)9-6-4-5-8-15-9/h2,9H,1,3-8H2,(H,12,14). The molecule has 0 saturated carbocycles. The van der Waals surface area contributed by atoms with Gasteiger partial charge in [-0.15, -0.1) is 11.7 Å². The van der Waals surface area contributed by atoms with Crippen LogP contribution >= 0.6 is 0 Å². The van der Waals surface area contributed by atoms with E-state index < -0.39 is 0 Å². The second kappa shape index (κ2) is 5.65. The van der Waals surface area contributed by atoms with Gasteiger partial charge in [0.1, 0.15) is 6.10 Å². The van der Waals surface area contributed by atoms with Gasteiger partial charge in [-0.3, -0.25) is 0 Å². The van der Waals surface area contributed by atoms with Gasteiger partial charge in [-0.2, -0.15) is 0 Å². The SMILES string of the molecule is C=CCCNc1nnc(C2CCCCO2)o1. The number of nitrogens with zero attached hydrogens (tertiary/aromatic N) is 2. The smallest absolute Gasteiger partial charge is 0.315 e. The fourth-order valence-electron chi connectivity index (χ4n) is 1.65. The number of rotatable bonds is 5. The van der Waals surface area contributed by atoms with Gasteiger partial charge in [0.05, 0.1) is 0 Å². The van der Waals surface area contributed by atoms with Crippen LogP contribution in [0.4, 0.5) is 6.01 Å². The lowest BCUT2D eigenvalue weighted by Gasteiger charge is -2.18. The van der Waals surface area contributed by atoms with Crippen LogP contribution < -0.4 is 5.32 Å². The number of hydrogen-bond donors (Lipinski definition) is 1. The van der Waals surface area contributed by atoms with E-state index in [0.29, 0.717) is 11.9 Å². The molecule has 1 aliphatic heterocycles. The Balaban J connectivity index is 1.88. The first-order valence-electron chi connectivity index (χ1n) is 5.70. The molecule has 88 valence electrons. The van der Waals surface area contributed by atoms with Crippen LogP contribution in [0.15, 0.2) is 17.1 Å². The Kier molecular flexibility index (Phi) is 3.93. The summed E-state index contributed by atoms with van der Waals surface area (Å²) in [7, 11) is 0. The molecule has 1 aromatic heterocycles. The molecule has 0 radical (unpaired) electrons. The van der Waals surface area contributed by atoms with Gasteiger partial charge in [0.2, 0.25) is 5.89 Å². The van der Waals surface area contributed by atoms with Gasteiger partial charge in [-0.1, -0.05) is 11.2 Å². The zero-order chi connectivity index (χ0) is 11.2. The van der Waals surface area contributed by atoms with Gasteiger partial charge >= 0.3 is 6.01 Å². The number of ether oxygens (including phenoxy) is 1. The highest BCUT2D eigenvalue weighted by Crippen LogP contribution is 2.27. The van der Waals surface area contributed by atoms with Crippen LogP contribution in [0.2, 0.25) is 0 Å². The summed E-state index contributed by atoms with van der Waals surface area (Å²) in [5.74, 6) is 0.584. The first-order valence-corrected chi connectivity index (χ1v) is 5.70. The first kappa shape index (κ1) is 11.1. The topological polar surface area (TPSA) is 60.2 Å². The fraction of sp³-hybridized carbons (Fsp3) is 0.636. The molecule has 0 amide bonds. The zero-order valence-electron chi connectivity index (χ0n) is 9.32. The predicted octanol–water partition coefficient (Wildman–Crippen LogP) is 2.30. The summed E-state index contributed by atoms with van der Waals surface area (Å²) in [6.45, 7) is 5.19. The average molecular weight is 223 g/mol. The van der Waals surface area contributed by atoms with E-state index in [1.54, 1.807) is 0 Å². The van der Waals surface area contributed by atoms with Crippen LogP contribution in [0, 0.1) is 0 Å². The Hall–Kier alpha value is -1.36. The highest BCUT2D eigenvalue weighted by atomic mass is 16.5. The Labute approximate surface area is 94.9 Å². The Morgan fingerprint density at radius 3 is 3.12 bits per heavy atom. The molecule has 2 rings (SSSR count). The van der Waals surface area contributed by atoms with Crippen molar-refractivity contribution in [2.75, 3.05) is 18.5 Å². The minimum atomic E-state index is -0.0174. The van der Waals surface area contributed by atoms with Crippen LogP contribution in [0.5, 0.6) is 0 Å². The molecule has 16 heavy (non-hydrogen) atoms. The second-order valence-electron chi connectivity index (χ2n) is 3.80. The monoisotopic (exact) mass is 223 g/mol. The van der Waals surface area contributed by atoms with Crippen molar-refractivity contribution in [2.24, 2.45) is 0 Å². The predicted molar refractivity (Wildman–Crippen MR) is 60.1 cm³/mol. The van der Waals surface area contributed by atoms with Crippen molar-refractivity contribution >= 4 is 6.01 Å². The molecule has 1 N–H and O–H groups in total. The van der Waals surface area contributed by atoms with Crippen LogP contribution in [-0.2, 0) is 4.74 Å². The molecule has 5 heteroatoms. The molecule has 0 bridgehead atoms. The summed E-state index contributed by atoms with van der Waals surface area (Å²) in [5, 5.41) is 10.9. The average Bonchev–Trinajstić information content (AvgIpc) is 2.79. The Morgan fingerprint density at radius 1 is 1.44 bits per heavy atom. The zero-order valence-corrected chi connectivity index (χ0v) is 9.32. The van der Waals surface area contributed by atoms with E-state index in [9.17, 15) is 0 Å². The van der Waals surface area contributed by atoms with Gasteiger partial charge < -0.3 is 14.5 Å². The molecule has 0 aromatic carbocycles. The van der Waals surface area contributed by atoms with E-state index in [4.69, 9.17) is 9.15 Å². The van der Waals surface area contributed by atoms with Crippen molar-refractivity contribution in [1.82, 2.24) is 10.2 Å². The molecule has 1 atom stereocenters. The molecule has 0 aliphatic carbocycles. The second-order valence-corrected chi connectivity index (χ2v) is 3.80. The van der Waals surface area contributed by atoms with Gasteiger partial charge in [0.15, 0.2) is 0 Å². The Morgan fingerprint density at radius 2 is 2.38 bits per heavy atom. The molecule has 1 aromatic rings. The summed E-state index contributed by atoms with van der Waals surface area (Å²) in [5.41, 5.74) is 0. The van der Waals surface area contributed by atoms with E-state index in [1.807, 2.05) is 6.08 Å². The quantitative estimate of drug-likeness (QED) is 0.613. The van der Waals surface area contributed by atoms with Gasteiger partial charge in [-0.25, -0.2) is 0 Å². The summed E-state index contributed by atoms with van der Waals surface area (Å²) in [6.07, 6.45) is 5.94. The molecule has 2 heterocycles. The first-order chi connectivity index (χ1) is 7.90. The number of anilines is 1. The van der Waals surface area contributed by atoms with Crippen molar-refractivity contribution in [1.29, 1.82) is 0 Å². The van der Waals surface area contributed by atoms with Crippen molar-refractivity contribution < 1.29 is 9.15 Å². The Bertz CT molecular complexity index is 332. The fourth-order valence-corrected chi connectivity index (χ4v) is 1.65. The van der Waals surface area contributed by atoms with E-state index >= 15 is 0 Å². The number of hydrogen-bond acceptors (Lipinski definition) is 5. The van der Waals surface area contributed by atoms with Crippen molar-refractivity contribution in [3.05, 3.63) is 18.5 Å². The minimum Gasteiger partial charge on any atom is -0.405 e. The van der Waals surface area contributed by atoms with E-state index in [1.165, 1.54) is 0 Å². The molecule has 1 saturated heterocycles. The lowest BCUT2D eigenvalue weighted by atomic mass is 10.1. The van der Waals surface area contributed by atoms with Crippen molar-refractivity contribution in [2.45, 2.75) is 31.8 Å². The summed E-state index contributed by atoms with van der Waals surface area (Å²) in [4.78, 5) is 0. The normalized spacial score (nSPS) is 20.6. The van der Waals surface area contributed by atoms with Crippen molar-refractivity contribution in [3.8, 4) is 0 Å². The largest absolute Gasteiger partial charge is 0.405 e. The minimum absolute atomic E-state index is 0.0174. The highest BCUT2D eigenvalue weighted by molar-refractivity contribution is 5.17. The van der Waals surface area contributed by atoms with Crippen LogP contribution in [0.1, 0.15) is 37.7 Å². The van der Waals surface area contributed by atoms with Gasteiger partial charge in [0, 0.05) is 13.2 Å². The summed E-state index contributed by atoms with van der Waals surface area (Å²) >= 11 is 0. The van der Waals surface area contributed by atoms with Crippen LogP contribution in [-0.4, -0.2) is 23.3 Å². The highest BCUT2D eigenvalue weighted by Gasteiger charge is 2.21. The van der Waals surface area contributed by atoms with E-state index in [0.717, 1.165) is 38.8 Å². The lowest BCUT2D eigenvalue weighted by molar-refractivity contribution is -0.00120. The van der Waals surface area contributed by atoms with Gasteiger partial charge in [-0.05, 0) is 25.7 Å². The third-order valence-electron chi connectivity index (χ3n) is 2.52. The van der Waals surface area contributed by atoms with Crippen LogP contribution in [0.3, 0.4) is 0 Å². The maximum atomic E-state index is 5.56. The molecule has 0 spiro atoms. The number of aromatic nitrogens is 2. The molecule has 1 unspecified atom stereocenters. The molecular formula is C11H17N3O2. The van der Waals surface area contributed by atoms with Gasteiger partial charge in [0.25, 0.3) is 0 Å². The maximum Gasteiger partial charge on any atom is 0.315 e. The molecule has 1 aliphatic rings. The molecular weight excluding hydrogens is 206 g/mol. The summed E-state index contributed by atoms with van der Waals surface area (Å²) < 4.78 is 11.0. The van der Waals surface area contributed by atoms with Crippen LogP contribution in [0.25, 0.3) is 0 Å². The molecule has 1 fully saturated rings. The summed E-state index contributed by atoms with van der Waals surface area (Å²) in [6, 6.07) is 0.464. The maximum absolute atomic E-state index is 5.56. The molecule has 5 nitrogen and oxygen atoms in total.